The summed E-state index contributed by atoms with van der Waals surface area (Å²) in [7, 11) is 0. The number of nitrogens with zero attached hydrogens (tertiary/aromatic N) is 1. The monoisotopic (exact) mass is 267 g/mol. The van der Waals surface area contributed by atoms with Crippen molar-refractivity contribution in [2.24, 2.45) is 10.8 Å². The molecule has 0 aliphatic carbocycles. The summed E-state index contributed by atoms with van der Waals surface area (Å²) in [6, 6.07) is 19.1. The number of primary amides is 1. The fourth-order valence-corrected chi connectivity index (χ4v) is 2.04. The molecule has 1 unspecified atom stereocenters. The summed E-state index contributed by atoms with van der Waals surface area (Å²) in [5, 5.41) is 4.16. The normalized spacial score (nSPS) is 12.8. The van der Waals surface area contributed by atoms with Gasteiger partial charge in [-0.3, -0.25) is 0 Å². The highest BCUT2D eigenvalue weighted by molar-refractivity contribution is 6.05. The Labute approximate surface area is 118 Å². The van der Waals surface area contributed by atoms with E-state index in [9.17, 15) is 4.79 Å². The molecular weight excluding hydrogens is 250 g/mol. The first-order chi connectivity index (χ1) is 9.68. The third-order valence-electron chi connectivity index (χ3n) is 3.07. The Morgan fingerprint density at radius 2 is 1.60 bits per heavy atom. The molecule has 0 aromatic heterocycles. The van der Waals surface area contributed by atoms with Crippen LogP contribution in [0.1, 0.15) is 24.0 Å². The summed E-state index contributed by atoms with van der Waals surface area (Å²) < 4.78 is 0. The Morgan fingerprint density at radius 1 is 1.05 bits per heavy atom. The number of urea groups is 1. The minimum absolute atomic E-state index is 0.0467. The third-order valence-corrected chi connectivity index (χ3v) is 3.07. The van der Waals surface area contributed by atoms with Gasteiger partial charge >= 0.3 is 6.03 Å². The van der Waals surface area contributed by atoms with Gasteiger partial charge in [-0.15, -0.1) is 0 Å². The van der Waals surface area contributed by atoms with Gasteiger partial charge in [0.05, 0.1) is 5.71 Å². The van der Waals surface area contributed by atoms with Crippen molar-refractivity contribution in [1.82, 2.24) is 5.43 Å². The molecule has 0 aliphatic heterocycles. The quantitative estimate of drug-likeness (QED) is 0.649. The molecule has 2 aromatic carbocycles. The van der Waals surface area contributed by atoms with E-state index in [-0.39, 0.29) is 5.92 Å². The lowest BCUT2D eigenvalue weighted by Crippen LogP contribution is -2.27. The van der Waals surface area contributed by atoms with E-state index in [0.29, 0.717) is 0 Å². The standard InChI is InChI=1S/C16H17N3O/c1-12(13-8-4-2-5-9-13)15(18-19-16(17)20)14-10-6-3-7-11-14/h2-12H,1H3,(H3,17,19,20)/b18-15-. The van der Waals surface area contributed by atoms with E-state index < -0.39 is 6.03 Å². The van der Waals surface area contributed by atoms with Crippen LogP contribution in [-0.4, -0.2) is 11.7 Å². The summed E-state index contributed by atoms with van der Waals surface area (Å²) in [5.41, 5.74) is 10.3. The molecule has 2 aromatic rings. The highest BCUT2D eigenvalue weighted by atomic mass is 16.2. The van der Waals surface area contributed by atoms with Crippen LogP contribution >= 0.6 is 0 Å². The van der Waals surface area contributed by atoms with Crippen molar-refractivity contribution < 1.29 is 4.79 Å². The lowest BCUT2D eigenvalue weighted by molar-refractivity contribution is 0.249. The second kappa shape index (κ2) is 6.52. The van der Waals surface area contributed by atoms with Crippen molar-refractivity contribution in [3.8, 4) is 0 Å². The minimum Gasteiger partial charge on any atom is -0.350 e. The molecular formula is C16H17N3O. The highest BCUT2D eigenvalue weighted by Crippen LogP contribution is 2.20. The lowest BCUT2D eigenvalue weighted by Gasteiger charge is -2.15. The number of carbonyl (C=O) groups is 1. The largest absolute Gasteiger partial charge is 0.350 e. The molecule has 0 saturated heterocycles. The molecule has 2 rings (SSSR count). The lowest BCUT2D eigenvalue weighted by atomic mass is 9.92. The van der Waals surface area contributed by atoms with Crippen molar-refractivity contribution in [1.29, 1.82) is 0 Å². The zero-order valence-corrected chi connectivity index (χ0v) is 11.3. The van der Waals surface area contributed by atoms with Crippen molar-refractivity contribution in [2.45, 2.75) is 12.8 Å². The SMILES string of the molecule is CC(/C(=N/NC(N)=O)c1ccccc1)c1ccccc1. The first-order valence-electron chi connectivity index (χ1n) is 6.42. The maximum Gasteiger partial charge on any atom is 0.332 e. The van der Waals surface area contributed by atoms with Gasteiger partial charge in [0.2, 0.25) is 0 Å². The molecule has 0 fully saturated rings. The van der Waals surface area contributed by atoms with Gasteiger partial charge in [0.15, 0.2) is 0 Å². The Kier molecular flexibility index (Phi) is 4.50. The van der Waals surface area contributed by atoms with E-state index in [4.69, 9.17) is 5.73 Å². The van der Waals surface area contributed by atoms with Gasteiger partial charge in [-0.05, 0) is 11.1 Å². The van der Waals surface area contributed by atoms with Crippen molar-refractivity contribution in [3.05, 3.63) is 71.8 Å². The summed E-state index contributed by atoms with van der Waals surface area (Å²) in [6.45, 7) is 2.05. The molecule has 0 spiro atoms. The van der Waals surface area contributed by atoms with E-state index in [2.05, 4.69) is 10.5 Å². The predicted octanol–water partition coefficient (Wildman–Crippen LogP) is 2.86. The van der Waals surface area contributed by atoms with Gasteiger partial charge in [-0.1, -0.05) is 67.6 Å². The van der Waals surface area contributed by atoms with E-state index in [1.54, 1.807) is 0 Å². The number of hydrogen-bond acceptors (Lipinski definition) is 2. The van der Waals surface area contributed by atoms with Crippen LogP contribution in [-0.2, 0) is 0 Å². The number of carbonyl (C=O) groups excluding carboxylic acids is 1. The van der Waals surface area contributed by atoms with Crippen LogP contribution in [0.5, 0.6) is 0 Å². The molecule has 4 heteroatoms. The van der Waals surface area contributed by atoms with Gasteiger partial charge in [0.1, 0.15) is 0 Å². The summed E-state index contributed by atoms with van der Waals surface area (Å²) in [4.78, 5) is 10.9. The summed E-state index contributed by atoms with van der Waals surface area (Å²) >= 11 is 0. The fraction of sp³-hybridized carbons (Fsp3) is 0.125. The molecule has 0 heterocycles. The average Bonchev–Trinajstić information content (AvgIpc) is 2.49. The topological polar surface area (TPSA) is 67.5 Å². The number of nitrogens with one attached hydrogen (secondary N) is 1. The predicted molar refractivity (Wildman–Crippen MR) is 80.6 cm³/mol. The number of hydrazone groups is 1. The van der Waals surface area contributed by atoms with Crippen LogP contribution < -0.4 is 11.2 Å². The number of hydrogen-bond donors (Lipinski definition) is 2. The summed E-state index contributed by atoms with van der Waals surface area (Å²) in [6.07, 6.45) is 0. The molecule has 102 valence electrons. The molecule has 2 amide bonds. The Balaban J connectivity index is 2.37. The van der Waals surface area contributed by atoms with Crippen molar-refractivity contribution in [2.75, 3.05) is 0 Å². The third kappa shape index (κ3) is 3.45. The average molecular weight is 267 g/mol. The first kappa shape index (κ1) is 13.8. The molecule has 4 nitrogen and oxygen atoms in total. The minimum atomic E-state index is -0.668. The molecule has 3 N–H and O–H groups in total. The smallest absolute Gasteiger partial charge is 0.332 e. The molecule has 20 heavy (non-hydrogen) atoms. The van der Waals surface area contributed by atoms with Gasteiger partial charge in [0, 0.05) is 5.92 Å². The maximum absolute atomic E-state index is 10.9. The van der Waals surface area contributed by atoms with Crippen LogP contribution in [0.25, 0.3) is 0 Å². The molecule has 1 atom stereocenters. The van der Waals surface area contributed by atoms with E-state index in [0.717, 1.165) is 16.8 Å². The van der Waals surface area contributed by atoms with E-state index >= 15 is 0 Å². The Bertz CT molecular complexity index is 594. The number of amides is 2. The van der Waals surface area contributed by atoms with Gasteiger partial charge in [-0.25, -0.2) is 10.2 Å². The van der Waals surface area contributed by atoms with Crippen LogP contribution in [0.4, 0.5) is 4.79 Å². The fourth-order valence-electron chi connectivity index (χ4n) is 2.04. The summed E-state index contributed by atoms with van der Waals surface area (Å²) in [5.74, 6) is 0.0467. The van der Waals surface area contributed by atoms with Crippen LogP contribution in [0.3, 0.4) is 0 Å². The Hall–Kier alpha value is -2.62. The van der Waals surface area contributed by atoms with Crippen LogP contribution in [0, 0.1) is 0 Å². The zero-order valence-electron chi connectivity index (χ0n) is 11.3. The first-order valence-corrected chi connectivity index (χ1v) is 6.42. The second-order valence-electron chi connectivity index (χ2n) is 4.47. The number of rotatable bonds is 4. The van der Waals surface area contributed by atoms with Gasteiger partial charge in [-0.2, -0.15) is 5.10 Å². The van der Waals surface area contributed by atoms with Crippen molar-refractivity contribution in [3.63, 3.8) is 0 Å². The zero-order chi connectivity index (χ0) is 14.4. The number of benzene rings is 2. The Morgan fingerprint density at radius 3 is 2.15 bits per heavy atom. The van der Waals surface area contributed by atoms with E-state index in [1.165, 1.54) is 0 Å². The molecule has 0 aliphatic rings. The molecule has 0 saturated carbocycles. The molecule has 0 bridgehead atoms. The second-order valence-corrected chi connectivity index (χ2v) is 4.47. The van der Waals surface area contributed by atoms with E-state index in [1.807, 2.05) is 67.6 Å². The maximum atomic E-state index is 10.9. The highest BCUT2D eigenvalue weighted by Gasteiger charge is 2.15. The number of nitrogens with two attached hydrogens (primary N) is 1. The van der Waals surface area contributed by atoms with Gasteiger partial charge < -0.3 is 5.73 Å². The van der Waals surface area contributed by atoms with Crippen molar-refractivity contribution >= 4 is 11.7 Å². The molecule has 0 radical (unpaired) electrons. The van der Waals surface area contributed by atoms with Crippen LogP contribution in [0.2, 0.25) is 0 Å². The van der Waals surface area contributed by atoms with Crippen LogP contribution in [0.15, 0.2) is 65.8 Å². The van der Waals surface area contributed by atoms with Gasteiger partial charge in [0.25, 0.3) is 0 Å².